The lowest BCUT2D eigenvalue weighted by Gasteiger charge is -2.24. The number of carbonyl (C=O) groups is 7. The molecule has 0 unspecified atom stereocenters. The topological polar surface area (TPSA) is 217 Å². The number of nitrogens with one attached hydrogen (secondary N) is 4. The molecule has 3 rings (SSSR count). The normalized spacial score (nSPS) is 12.8. The van der Waals surface area contributed by atoms with E-state index in [4.69, 9.17) is 23.8 Å². The maximum absolute atomic E-state index is 13.3. The Hall–Kier alpha value is -5.55. The van der Waals surface area contributed by atoms with Gasteiger partial charge in [0, 0.05) is 70.6 Å². The zero-order valence-electron chi connectivity index (χ0n) is 35.0. The van der Waals surface area contributed by atoms with E-state index in [9.17, 15) is 33.6 Å². The fraction of sp³-hybridized carbons (Fsp3) is 0.548. The van der Waals surface area contributed by atoms with Crippen molar-refractivity contribution in [3.05, 3.63) is 48.0 Å². The molecule has 59 heavy (non-hydrogen) atoms. The van der Waals surface area contributed by atoms with Crippen LogP contribution < -0.4 is 30.7 Å². The largest absolute Gasteiger partial charge is 0.484 e. The van der Waals surface area contributed by atoms with Crippen LogP contribution in [0.5, 0.6) is 11.5 Å². The summed E-state index contributed by atoms with van der Waals surface area (Å²) < 4.78 is 22.9. The molecule has 2 aromatic rings. The number of carbonyl (C=O) groups excluding carboxylic acids is 7. The number of ether oxygens (including phenoxy) is 4. The predicted molar refractivity (Wildman–Crippen MR) is 216 cm³/mol. The summed E-state index contributed by atoms with van der Waals surface area (Å²) in [6.45, 7) is 13.3. The van der Waals surface area contributed by atoms with Gasteiger partial charge in [-0.05, 0) is 102 Å². The molecule has 6 amide bonds. The summed E-state index contributed by atoms with van der Waals surface area (Å²) in [6, 6.07) is 11.8. The van der Waals surface area contributed by atoms with Crippen LogP contribution in [0.2, 0.25) is 0 Å². The standard InChI is InChI=1S/C42H59N5O12/c1-7-57-41(3,4)18-20-43-35(49)27-55-32-14-12-29(13-15-32)30-24-31(26-33(25-30)56-28-36(50)44-21-19-42(5,6)58-8-2)40(54)46-23-22-45-34(48)10-9-11-39(53)59-47-37(51)16-17-38(47)52/h12-15,24-26H,7-11,16-23,27-28H2,1-6H3,(H,43,49)(H,44,50)(H,45,48)(H,46,54). The van der Waals surface area contributed by atoms with Crippen LogP contribution in [0.15, 0.2) is 42.5 Å². The van der Waals surface area contributed by atoms with Gasteiger partial charge in [0.1, 0.15) is 11.5 Å². The van der Waals surface area contributed by atoms with Crippen LogP contribution in [0.25, 0.3) is 11.1 Å². The molecule has 4 N–H and O–H groups in total. The fourth-order valence-electron chi connectivity index (χ4n) is 5.82. The van der Waals surface area contributed by atoms with Crippen molar-refractivity contribution in [2.75, 3.05) is 52.6 Å². The van der Waals surface area contributed by atoms with E-state index < -0.39 is 29.3 Å². The quantitative estimate of drug-likeness (QED) is 0.0794. The Bertz CT molecular complexity index is 1750. The zero-order chi connectivity index (χ0) is 43.4. The van der Waals surface area contributed by atoms with Crippen molar-refractivity contribution in [1.82, 2.24) is 26.3 Å². The third kappa shape index (κ3) is 17.9. The molecule has 1 heterocycles. The van der Waals surface area contributed by atoms with Crippen molar-refractivity contribution >= 4 is 41.4 Å². The van der Waals surface area contributed by atoms with E-state index in [-0.39, 0.29) is 93.0 Å². The molecule has 0 aliphatic carbocycles. The Morgan fingerprint density at radius 1 is 0.627 bits per heavy atom. The van der Waals surface area contributed by atoms with Gasteiger partial charge >= 0.3 is 5.97 Å². The van der Waals surface area contributed by atoms with Crippen LogP contribution in [0, 0.1) is 0 Å². The molecule has 0 radical (unpaired) electrons. The van der Waals surface area contributed by atoms with Crippen LogP contribution in [0.4, 0.5) is 0 Å². The minimum Gasteiger partial charge on any atom is -0.484 e. The van der Waals surface area contributed by atoms with E-state index in [1.807, 2.05) is 41.5 Å². The molecule has 1 saturated heterocycles. The highest BCUT2D eigenvalue weighted by molar-refractivity contribution is 6.01. The second-order valence-electron chi connectivity index (χ2n) is 14.9. The van der Waals surface area contributed by atoms with Gasteiger partial charge in [-0.15, -0.1) is 5.06 Å². The molecule has 0 spiro atoms. The number of hydrogen-bond acceptors (Lipinski definition) is 12. The van der Waals surface area contributed by atoms with E-state index >= 15 is 0 Å². The van der Waals surface area contributed by atoms with Gasteiger partial charge in [0.25, 0.3) is 29.5 Å². The molecule has 1 fully saturated rings. The smallest absolute Gasteiger partial charge is 0.333 e. The van der Waals surface area contributed by atoms with Crippen molar-refractivity contribution in [3.63, 3.8) is 0 Å². The highest BCUT2D eigenvalue weighted by Crippen LogP contribution is 2.28. The molecule has 324 valence electrons. The molecule has 0 saturated carbocycles. The Balaban J connectivity index is 1.57. The number of nitrogens with zero attached hydrogens (tertiary/aromatic N) is 1. The number of hydroxylamine groups is 2. The monoisotopic (exact) mass is 825 g/mol. The van der Waals surface area contributed by atoms with Gasteiger partial charge in [-0.1, -0.05) is 12.1 Å². The number of amides is 6. The van der Waals surface area contributed by atoms with Gasteiger partial charge in [-0.3, -0.25) is 28.8 Å². The molecule has 2 aromatic carbocycles. The summed E-state index contributed by atoms with van der Waals surface area (Å²) in [5.41, 5.74) is 0.806. The molecular weight excluding hydrogens is 766 g/mol. The van der Waals surface area contributed by atoms with Crippen LogP contribution in [-0.4, -0.2) is 110 Å². The lowest BCUT2D eigenvalue weighted by atomic mass is 10.0. The minimum atomic E-state index is -0.792. The average Bonchev–Trinajstić information content (AvgIpc) is 3.49. The van der Waals surface area contributed by atoms with Crippen LogP contribution >= 0.6 is 0 Å². The number of rotatable bonds is 26. The van der Waals surface area contributed by atoms with Crippen molar-refractivity contribution < 1.29 is 57.3 Å². The number of imide groups is 1. The van der Waals surface area contributed by atoms with Gasteiger partial charge in [-0.25, -0.2) is 4.79 Å². The van der Waals surface area contributed by atoms with E-state index in [2.05, 4.69) is 21.3 Å². The minimum absolute atomic E-state index is 0.0118. The SMILES string of the molecule is CCOC(C)(C)CCNC(=O)COc1ccc(-c2cc(OCC(=O)NCCC(C)(C)OCC)cc(C(=O)NCCNC(=O)CCCC(=O)ON3C(=O)CCC3=O)c2)cc1. The van der Waals surface area contributed by atoms with Crippen molar-refractivity contribution in [3.8, 4) is 22.6 Å². The molecule has 17 heteroatoms. The van der Waals surface area contributed by atoms with Crippen molar-refractivity contribution in [1.29, 1.82) is 0 Å². The first-order valence-electron chi connectivity index (χ1n) is 19.9. The van der Waals surface area contributed by atoms with Gasteiger partial charge in [-0.2, -0.15) is 0 Å². The zero-order valence-corrected chi connectivity index (χ0v) is 35.0. The molecule has 0 bridgehead atoms. The van der Waals surface area contributed by atoms with Gasteiger partial charge in [0.05, 0.1) is 11.2 Å². The predicted octanol–water partition coefficient (Wildman–Crippen LogP) is 3.38. The van der Waals surface area contributed by atoms with Crippen LogP contribution in [0.3, 0.4) is 0 Å². The van der Waals surface area contributed by atoms with E-state index in [0.717, 1.165) is 0 Å². The second-order valence-corrected chi connectivity index (χ2v) is 14.9. The van der Waals surface area contributed by atoms with Crippen LogP contribution in [-0.2, 0) is 43.1 Å². The summed E-state index contributed by atoms with van der Waals surface area (Å²) in [7, 11) is 0. The Morgan fingerprint density at radius 2 is 1.15 bits per heavy atom. The number of hydrogen-bond donors (Lipinski definition) is 4. The summed E-state index contributed by atoms with van der Waals surface area (Å²) >= 11 is 0. The average molecular weight is 826 g/mol. The second kappa shape index (κ2) is 23.8. The first-order chi connectivity index (χ1) is 28.0. The molecule has 17 nitrogen and oxygen atoms in total. The lowest BCUT2D eigenvalue weighted by Crippen LogP contribution is -2.35. The summed E-state index contributed by atoms with van der Waals surface area (Å²) in [4.78, 5) is 90.6. The Kier molecular flexibility index (Phi) is 19.3. The first-order valence-corrected chi connectivity index (χ1v) is 19.9. The molecule has 1 aliphatic heterocycles. The maximum atomic E-state index is 13.3. The molecule has 0 atom stereocenters. The van der Waals surface area contributed by atoms with Crippen molar-refractivity contribution in [2.24, 2.45) is 0 Å². The van der Waals surface area contributed by atoms with E-state index in [0.29, 0.717) is 61.1 Å². The summed E-state index contributed by atoms with van der Waals surface area (Å²) in [5.74, 6) is -2.66. The first kappa shape index (κ1) is 47.8. The highest BCUT2D eigenvalue weighted by Gasteiger charge is 2.32. The highest BCUT2D eigenvalue weighted by atomic mass is 16.7. The van der Waals surface area contributed by atoms with Gasteiger partial charge in [0.15, 0.2) is 13.2 Å². The summed E-state index contributed by atoms with van der Waals surface area (Å²) in [5, 5.41) is 11.5. The molecule has 1 aliphatic rings. The van der Waals surface area contributed by atoms with Crippen LogP contribution in [0.1, 0.15) is 96.8 Å². The van der Waals surface area contributed by atoms with Crippen molar-refractivity contribution in [2.45, 2.75) is 97.7 Å². The summed E-state index contributed by atoms with van der Waals surface area (Å²) in [6.07, 6.45) is 1.17. The van der Waals surface area contributed by atoms with E-state index in [1.165, 1.54) is 6.07 Å². The fourth-order valence-corrected chi connectivity index (χ4v) is 5.82. The molecular formula is C42H59N5O12. The number of benzene rings is 2. The molecule has 0 aromatic heterocycles. The Labute approximate surface area is 345 Å². The van der Waals surface area contributed by atoms with Gasteiger partial charge < -0.3 is 45.1 Å². The Morgan fingerprint density at radius 3 is 1.71 bits per heavy atom. The third-order valence-corrected chi connectivity index (χ3v) is 8.98. The maximum Gasteiger partial charge on any atom is 0.333 e. The lowest BCUT2D eigenvalue weighted by molar-refractivity contribution is -0.197. The van der Waals surface area contributed by atoms with E-state index in [1.54, 1.807) is 36.4 Å². The van der Waals surface area contributed by atoms with Gasteiger partial charge in [0.2, 0.25) is 5.91 Å². The third-order valence-electron chi connectivity index (χ3n) is 8.98.